The van der Waals surface area contributed by atoms with E-state index in [9.17, 15) is 14.7 Å². The predicted molar refractivity (Wildman–Crippen MR) is 85.2 cm³/mol. The predicted octanol–water partition coefficient (Wildman–Crippen LogP) is 1.13. The van der Waals surface area contributed by atoms with Gasteiger partial charge in [0.15, 0.2) is 0 Å². The molecule has 0 radical (unpaired) electrons. The van der Waals surface area contributed by atoms with Crippen LogP contribution in [0.25, 0.3) is 0 Å². The van der Waals surface area contributed by atoms with Gasteiger partial charge in [0.25, 0.3) is 0 Å². The summed E-state index contributed by atoms with van der Waals surface area (Å²) in [6.07, 6.45) is -0.536. The maximum Gasteiger partial charge on any atom is 0.317 e. The van der Waals surface area contributed by atoms with E-state index in [0.29, 0.717) is 29.0 Å². The number of fused-ring (bicyclic) bond motifs is 1. The minimum Gasteiger partial charge on any atom is -0.496 e. The van der Waals surface area contributed by atoms with Gasteiger partial charge in [0.1, 0.15) is 17.6 Å². The molecule has 24 heavy (non-hydrogen) atoms. The highest BCUT2D eigenvalue weighted by molar-refractivity contribution is 5.75. The molecule has 0 aromatic heterocycles. The van der Waals surface area contributed by atoms with E-state index in [1.807, 2.05) is 0 Å². The van der Waals surface area contributed by atoms with E-state index in [0.717, 1.165) is 0 Å². The van der Waals surface area contributed by atoms with Gasteiger partial charge in [-0.2, -0.15) is 0 Å². The number of β-amino-alcohol motifs (C(OH)–C–C–N with tert-alkyl or cyclic N) is 1. The molecule has 0 spiro atoms. The van der Waals surface area contributed by atoms with Crippen LogP contribution in [0.4, 0.5) is 4.79 Å². The maximum absolute atomic E-state index is 12.2. The number of carbonyl (C=O) groups excluding carboxylic acids is 1. The second-order valence-electron chi connectivity index (χ2n) is 5.49. The molecule has 1 aliphatic rings. The molecule has 0 aliphatic carbocycles. The number of rotatable bonds is 6. The summed E-state index contributed by atoms with van der Waals surface area (Å²) in [5.74, 6) is 0.233. The van der Waals surface area contributed by atoms with Gasteiger partial charge in [-0.3, -0.25) is 4.79 Å². The Kier molecular flexibility index (Phi) is 5.86. The molecule has 0 saturated heterocycles. The van der Waals surface area contributed by atoms with Crippen molar-refractivity contribution in [1.29, 1.82) is 0 Å². The SMILES string of the molecule is COc1ccc(OC)c2c1CN(C(=O)NCCCC(=O)O)CC2O. The van der Waals surface area contributed by atoms with Crippen LogP contribution < -0.4 is 14.8 Å². The van der Waals surface area contributed by atoms with Crippen LogP contribution in [-0.2, 0) is 11.3 Å². The Hall–Kier alpha value is -2.48. The number of carboxylic acid groups (broad SMARTS) is 1. The third kappa shape index (κ3) is 3.88. The summed E-state index contributed by atoms with van der Waals surface area (Å²) in [6, 6.07) is 3.11. The highest BCUT2D eigenvalue weighted by atomic mass is 16.5. The van der Waals surface area contributed by atoms with Gasteiger partial charge >= 0.3 is 12.0 Å². The number of aliphatic hydroxyl groups excluding tert-OH is 1. The fourth-order valence-corrected chi connectivity index (χ4v) is 2.78. The molecule has 2 rings (SSSR count). The normalized spacial score (nSPS) is 16.3. The van der Waals surface area contributed by atoms with Gasteiger partial charge in [-0.05, 0) is 18.6 Å². The Labute approximate surface area is 140 Å². The molecule has 1 heterocycles. The zero-order valence-corrected chi connectivity index (χ0v) is 13.7. The molecule has 1 atom stereocenters. The van der Waals surface area contributed by atoms with Crippen molar-refractivity contribution in [2.24, 2.45) is 0 Å². The Bertz CT molecular complexity index is 619. The van der Waals surface area contributed by atoms with Crippen LogP contribution in [0.15, 0.2) is 12.1 Å². The number of amides is 2. The lowest BCUT2D eigenvalue weighted by molar-refractivity contribution is -0.137. The van der Waals surface area contributed by atoms with Crippen LogP contribution >= 0.6 is 0 Å². The Morgan fingerprint density at radius 1 is 1.29 bits per heavy atom. The topological polar surface area (TPSA) is 108 Å². The number of carboxylic acids is 1. The molecule has 1 aromatic rings. The molecular weight excluding hydrogens is 316 g/mol. The Morgan fingerprint density at radius 3 is 2.58 bits per heavy atom. The van der Waals surface area contributed by atoms with Gasteiger partial charge < -0.3 is 29.9 Å². The van der Waals surface area contributed by atoms with Gasteiger partial charge in [-0.15, -0.1) is 0 Å². The summed E-state index contributed by atoms with van der Waals surface area (Å²) in [6.45, 7) is 0.665. The number of aliphatic hydroxyl groups is 1. The van der Waals surface area contributed by atoms with E-state index in [1.165, 1.54) is 19.1 Å². The van der Waals surface area contributed by atoms with Crippen molar-refractivity contribution in [2.45, 2.75) is 25.5 Å². The number of urea groups is 1. The maximum atomic E-state index is 12.2. The summed E-state index contributed by atoms with van der Waals surface area (Å²) in [4.78, 5) is 24.2. The molecule has 1 aliphatic heterocycles. The minimum absolute atomic E-state index is 0.00321. The van der Waals surface area contributed by atoms with E-state index in [4.69, 9.17) is 14.6 Å². The first-order chi connectivity index (χ1) is 11.5. The standard InChI is InChI=1S/C16H22N2O6/c1-23-12-5-6-13(24-2)15-10(12)8-18(9-11(15)19)16(22)17-7-3-4-14(20)21/h5-6,11,19H,3-4,7-9H2,1-2H3,(H,17,22)(H,20,21). The number of nitrogens with one attached hydrogen (secondary N) is 1. The average molecular weight is 338 g/mol. The molecule has 0 saturated carbocycles. The van der Waals surface area contributed by atoms with Crippen molar-refractivity contribution >= 4 is 12.0 Å². The lowest BCUT2D eigenvalue weighted by atomic mass is 9.95. The Balaban J connectivity index is 2.10. The van der Waals surface area contributed by atoms with Gasteiger partial charge in [-0.1, -0.05) is 0 Å². The summed E-state index contributed by atoms with van der Waals surface area (Å²) >= 11 is 0. The third-order valence-electron chi connectivity index (χ3n) is 3.92. The minimum atomic E-state index is -0.900. The first-order valence-corrected chi connectivity index (χ1v) is 7.64. The summed E-state index contributed by atoms with van der Waals surface area (Å²) < 4.78 is 10.6. The number of methoxy groups -OCH3 is 2. The zero-order chi connectivity index (χ0) is 17.7. The molecule has 1 aromatic carbocycles. The number of carbonyl (C=O) groups is 2. The van der Waals surface area contributed by atoms with E-state index < -0.39 is 12.1 Å². The number of nitrogens with zero attached hydrogens (tertiary/aromatic N) is 1. The zero-order valence-electron chi connectivity index (χ0n) is 13.7. The molecule has 2 amide bonds. The van der Waals surface area contributed by atoms with Crippen LogP contribution in [0.1, 0.15) is 30.1 Å². The Morgan fingerprint density at radius 2 is 1.96 bits per heavy atom. The number of ether oxygens (including phenoxy) is 2. The number of hydrogen-bond donors (Lipinski definition) is 3. The first-order valence-electron chi connectivity index (χ1n) is 7.64. The van der Waals surface area contributed by atoms with Gasteiger partial charge in [-0.25, -0.2) is 4.79 Å². The highest BCUT2D eigenvalue weighted by Crippen LogP contribution is 2.39. The van der Waals surface area contributed by atoms with Crippen molar-refractivity contribution in [1.82, 2.24) is 10.2 Å². The van der Waals surface area contributed by atoms with Crippen molar-refractivity contribution in [3.63, 3.8) is 0 Å². The highest BCUT2D eigenvalue weighted by Gasteiger charge is 2.31. The summed E-state index contributed by atoms with van der Waals surface area (Å²) in [7, 11) is 3.05. The monoisotopic (exact) mass is 338 g/mol. The van der Waals surface area contributed by atoms with Crippen LogP contribution in [0.2, 0.25) is 0 Å². The second-order valence-corrected chi connectivity index (χ2v) is 5.49. The van der Waals surface area contributed by atoms with E-state index in [-0.39, 0.29) is 32.1 Å². The number of benzene rings is 1. The first kappa shape index (κ1) is 17.9. The van der Waals surface area contributed by atoms with Crippen molar-refractivity contribution in [2.75, 3.05) is 27.3 Å². The summed E-state index contributed by atoms with van der Waals surface area (Å²) in [5, 5.41) is 21.7. The largest absolute Gasteiger partial charge is 0.496 e. The van der Waals surface area contributed by atoms with Crippen molar-refractivity contribution in [3.8, 4) is 11.5 Å². The average Bonchev–Trinajstić information content (AvgIpc) is 2.57. The molecule has 0 fully saturated rings. The van der Waals surface area contributed by atoms with Crippen LogP contribution in [0, 0.1) is 0 Å². The lowest BCUT2D eigenvalue weighted by Gasteiger charge is -2.34. The summed E-state index contributed by atoms with van der Waals surface area (Å²) in [5.41, 5.74) is 1.34. The van der Waals surface area contributed by atoms with Gasteiger partial charge in [0, 0.05) is 24.1 Å². The molecule has 0 bridgehead atoms. The van der Waals surface area contributed by atoms with Crippen LogP contribution in [0.5, 0.6) is 11.5 Å². The van der Waals surface area contributed by atoms with Crippen LogP contribution in [0.3, 0.4) is 0 Å². The van der Waals surface area contributed by atoms with E-state index in [1.54, 1.807) is 12.1 Å². The van der Waals surface area contributed by atoms with E-state index >= 15 is 0 Å². The van der Waals surface area contributed by atoms with Crippen molar-refractivity contribution < 1.29 is 29.3 Å². The third-order valence-corrected chi connectivity index (χ3v) is 3.92. The second kappa shape index (κ2) is 7.87. The quantitative estimate of drug-likeness (QED) is 0.671. The van der Waals surface area contributed by atoms with Gasteiger partial charge in [0.2, 0.25) is 0 Å². The molecular formula is C16H22N2O6. The molecule has 132 valence electrons. The molecule has 1 unspecified atom stereocenters. The number of hydrogen-bond acceptors (Lipinski definition) is 5. The van der Waals surface area contributed by atoms with Crippen LogP contribution in [-0.4, -0.2) is 54.4 Å². The van der Waals surface area contributed by atoms with E-state index in [2.05, 4.69) is 5.32 Å². The molecule has 8 heteroatoms. The lowest BCUT2D eigenvalue weighted by Crippen LogP contribution is -2.44. The smallest absolute Gasteiger partial charge is 0.317 e. The number of aliphatic carboxylic acids is 1. The fraction of sp³-hybridized carbons (Fsp3) is 0.500. The fourth-order valence-electron chi connectivity index (χ4n) is 2.78. The molecule has 8 nitrogen and oxygen atoms in total. The van der Waals surface area contributed by atoms with Crippen molar-refractivity contribution in [3.05, 3.63) is 23.3 Å². The van der Waals surface area contributed by atoms with Gasteiger partial charge in [0.05, 0.1) is 27.3 Å². The molecule has 3 N–H and O–H groups in total.